The molecule has 7 nitrogen and oxygen atoms in total. The van der Waals surface area contributed by atoms with E-state index in [9.17, 15) is 9.18 Å². The number of fused-ring (bicyclic) bond motifs is 1. The highest BCUT2D eigenvalue weighted by molar-refractivity contribution is 6.02. The van der Waals surface area contributed by atoms with Gasteiger partial charge in [0.05, 0.1) is 24.0 Å². The van der Waals surface area contributed by atoms with E-state index < -0.39 is 0 Å². The summed E-state index contributed by atoms with van der Waals surface area (Å²) in [5.41, 5.74) is 5.94. The average Bonchev–Trinajstić information content (AvgIpc) is 3.43. The third-order valence-corrected chi connectivity index (χ3v) is 5.47. The van der Waals surface area contributed by atoms with Gasteiger partial charge in [-0.2, -0.15) is 5.10 Å². The smallest absolute Gasteiger partial charge is 0.248 e. The molecule has 168 valence electrons. The topological polar surface area (TPSA) is 77.6 Å². The van der Waals surface area contributed by atoms with Crippen molar-refractivity contribution in [3.8, 4) is 11.3 Å². The summed E-state index contributed by atoms with van der Waals surface area (Å²) in [6.07, 6.45) is 4.83. The van der Waals surface area contributed by atoms with E-state index in [1.165, 1.54) is 18.2 Å². The van der Waals surface area contributed by atoms with Crippen LogP contribution in [-0.4, -0.2) is 30.7 Å². The van der Waals surface area contributed by atoms with Crippen LogP contribution >= 0.6 is 0 Å². The minimum atomic E-state index is -0.303. The summed E-state index contributed by atoms with van der Waals surface area (Å²) in [7, 11) is 1.81. The SMILES string of the molecule is Cn1ncc(/C=C/C(=O)Nc2ccc(Cn3nnc4ccccc43)cc2)c1-c1ccc(F)cc1. The number of nitrogens with zero attached hydrogens (tertiary/aromatic N) is 5. The molecule has 0 radical (unpaired) electrons. The molecular weight excluding hydrogens is 431 g/mol. The monoisotopic (exact) mass is 452 g/mol. The standard InChI is InChI=1S/C26H21FN6O/c1-32-26(19-8-11-21(27)12-9-19)20(16-28-32)10-15-25(34)29-22-13-6-18(7-14-22)17-33-24-5-3-2-4-23(24)30-31-33/h2-16H,17H2,1H3,(H,29,34)/b15-10+. The zero-order valence-corrected chi connectivity index (χ0v) is 18.4. The molecule has 0 aliphatic heterocycles. The number of nitrogens with one attached hydrogen (secondary N) is 1. The first-order valence-corrected chi connectivity index (χ1v) is 10.7. The van der Waals surface area contributed by atoms with E-state index in [1.54, 1.807) is 36.1 Å². The summed E-state index contributed by atoms with van der Waals surface area (Å²) < 4.78 is 16.8. The fraction of sp³-hybridized carbons (Fsp3) is 0.0769. The maximum Gasteiger partial charge on any atom is 0.248 e. The number of benzene rings is 3. The third-order valence-electron chi connectivity index (χ3n) is 5.47. The number of aryl methyl sites for hydroxylation is 1. The average molecular weight is 452 g/mol. The first-order valence-electron chi connectivity index (χ1n) is 10.7. The van der Waals surface area contributed by atoms with E-state index in [1.807, 2.05) is 53.2 Å². The highest BCUT2D eigenvalue weighted by Crippen LogP contribution is 2.24. The van der Waals surface area contributed by atoms with Crippen molar-refractivity contribution in [2.24, 2.45) is 7.05 Å². The van der Waals surface area contributed by atoms with Crippen molar-refractivity contribution in [1.82, 2.24) is 24.8 Å². The van der Waals surface area contributed by atoms with Gasteiger partial charge in [-0.15, -0.1) is 5.10 Å². The first kappa shape index (κ1) is 21.3. The molecule has 3 aromatic carbocycles. The van der Waals surface area contributed by atoms with Crippen molar-refractivity contribution < 1.29 is 9.18 Å². The minimum absolute atomic E-state index is 0.260. The fourth-order valence-corrected chi connectivity index (χ4v) is 3.79. The van der Waals surface area contributed by atoms with Gasteiger partial charge >= 0.3 is 0 Å². The first-order chi connectivity index (χ1) is 16.6. The Kier molecular flexibility index (Phi) is 5.70. The highest BCUT2D eigenvalue weighted by atomic mass is 19.1. The molecule has 0 unspecified atom stereocenters. The molecule has 0 spiro atoms. The van der Waals surface area contributed by atoms with Gasteiger partial charge in [0.2, 0.25) is 5.91 Å². The van der Waals surface area contributed by atoms with E-state index in [0.29, 0.717) is 12.2 Å². The molecule has 5 aromatic rings. The summed E-state index contributed by atoms with van der Waals surface area (Å²) in [5, 5.41) is 15.5. The number of anilines is 1. The number of amides is 1. The second-order valence-electron chi connectivity index (χ2n) is 7.83. The Balaban J connectivity index is 1.25. The zero-order valence-electron chi connectivity index (χ0n) is 18.4. The molecule has 0 saturated carbocycles. The number of halogens is 1. The molecule has 34 heavy (non-hydrogen) atoms. The van der Waals surface area contributed by atoms with Gasteiger partial charge < -0.3 is 5.32 Å². The molecule has 1 amide bonds. The summed E-state index contributed by atoms with van der Waals surface area (Å²) in [6, 6.07) is 21.6. The lowest BCUT2D eigenvalue weighted by atomic mass is 10.1. The van der Waals surface area contributed by atoms with Crippen LogP contribution in [0.2, 0.25) is 0 Å². The molecule has 5 rings (SSSR count). The maximum atomic E-state index is 13.3. The molecule has 0 aliphatic rings. The molecule has 0 fully saturated rings. The molecule has 0 atom stereocenters. The molecule has 8 heteroatoms. The number of hydrogen-bond acceptors (Lipinski definition) is 4. The van der Waals surface area contributed by atoms with Crippen LogP contribution in [0.1, 0.15) is 11.1 Å². The van der Waals surface area contributed by atoms with Crippen LogP contribution in [-0.2, 0) is 18.4 Å². The number of rotatable bonds is 6. The molecule has 2 heterocycles. The van der Waals surface area contributed by atoms with Crippen molar-refractivity contribution in [3.05, 3.63) is 102 Å². The van der Waals surface area contributed by atoms with Gasteiger partial charge in [-0.1, -0.05) is 29.5 Å². The predicted octanol–water partition coefficient (Wildman–Crippen LogP) is 4.67. The predicted molar refractivity (Wildman–Crippen MR) is 129 cm³/mol. The van der Waals surface area contributed by atoms with Crippen LogP contribution in [0.5, 0.6) is 0 Å². The molecule has 0 saturated heterocycles. The fourth-order valence-electron chi connectivity index (χ4n) is 3.79. The summed E-state index contributed by atoms with van der Waals surface area (Å²) in [5.74, 6) is -0.563. The van der Waals surface area contributed by atoms with E-state index in [2.05, 4.69) is 20.7 Å². The van der Waals surface area contributed by atoms with Crippen molar-refractivity contribution in [3.63, 3.8) is 0 Å². The van der Waals surface area contributed by atoms with Crippen molar-refractivity contribution >= 4 is 28.7 Å². The second-order valence-corrected chi connectivity index (χ2v) is 7.83. The highest BCUT2D eigenvalue weighted by Gasteiger charge is 2.10. The minimum Gasteiger partial charge on any atom is -0.323 e. The van der Waals surface area contributed by atoms with Gasteiger partial charge in [-0.3, -0.25) is 9.48 Å². The van der Waals surface area contributed by atoms with Crippen molar-refractivity contribution in [2.75, 3.05) is 5.32 Å². The van der Waals surface area contributed by atoms with Gasteiger partial charge in [0.25, 0.3) is 0 Å². The summed E-state index contributed by atoms with van der Waals surface area (Å²) >= 11 is 0. The van der Waals surface area contributed by atoms with Crippen molar-refractivity contribution in [1.29, 1.82) is 0 Å². The van der Waals surface area contributed by atoms with Crippen LogP contribution in [0.15, 0.2) is 85.1 Å². The Hall–Kier alpha value is -4.59. The van der Waals surface area contributed by atoms with Gasteiger partial charge in [-0.25, -0.2) is 9.07 Å². The van der Waals surface area contributed by atoms with Gasteiger partial charge in [0, 0.05) is 29.9 Å². The quantitative estimate of drug-likeness (QED) is 0.380. The second kappa shape index (κ2) is 9.11. The van der Waals surface area contributed by atoms with Crippen LogP contribution in [0.3, 0.4) is 0 Å². The van der Waals surface area contributed by atoms with Gasteiger partial charge in [-0.05, 0) is 60.2 Å². The zero-order chi connectivity index (χ0) is 23.5. The third kappa shape index (κ3) is 4.47. The van der Waals surface area contributed by atoms with E-state index >= 15 is 0 Å². The summed E-state index contributed by atoms with van der Waals surface area (Å²) in [4.78, 5) is 12.5. The van der Waals surface area contributed by atoms with E-state index in [-0.39, 0.29) is 11.7 Å². The van der Waals surface area contributed by atoms with Crippen LogP contribution in [0.4, 0.5) is 10.1 Å². The Morgan fingerprint density at radius 1 is 1.03 bits per heavy atom. The Morgan fingerprint density at radius 2 is 1.79 bits per heavy atom. The number of hydrogen-bond donors (Lipinski definition) is 1. The Labute approximate surface area is 195 Å². The lowest BCUT2D eigenvalue weighted by Gasteiger charge is -2.06. The molecule has 0 aliphatic carbocycles. The van der Waals surface area contributed by atoms with Gasteiger partial charge in [0.1, 0.15) is 11.3 Å². The van der Waals surface area contributed by atoms with Crippen LogP contribution < -0.4 is 5.32 Å². The van der Waals surface area contributed by atoms with Crippen LogP contribution in [0, 0.1) is 5.82 Å². The number of aromatic nitrogens is 5. The normalized spacial score (nSPS) is 11.4. The molecular formula is C26H21FN6O. The molecule has 0 bridgehead atoms. The lowest BCUT2D eigenvalue weighted by Crippen LogP contribution is -2.08. The van der Waals surface area contributed by atoms with E-state index in [0.717, 1.165) is 33.4 Å². The lowest BCUT2D eigenvalue weighted by molar-refractivity contribution is -0.111. The molecule has 1 N–H and O–H groups in total. The maximum absolute atomic E-state index is 13.3. The largest absolute Gasteiger partial charge is 0.323 e. The number of carbonyl (C=O) groups is 1. The molecule has 2 aromatic heterocycles. The van der Waals surface area contributed by atoms with Crippen molar-refractivity contribution in [2.45, 2.75) is 6.54 Å². The number of para-hydroxylation sites is 1. The van der Waals surface area contributed by atoms with Gasteiger partial charge in [0.15, 0.2) is 0 Å². The Morgan fingerprint density at radius 3 is 2.59 bits per heavy atom. The summed E-state index contributed by atoms with van der Waals surface area (Å²) in [6.45, 7) is 0.585. The van der Waals surface area contributed by atoms with E-state index in [4.69, 9.17) is 0 Å². The number of carbonyl (C=O) groups excluding carboxylic acids is 1. The van der Waals surface area contributed by atoms with Crippen LogP contribution in [0.25, 0.3) is 28.4 Å². The Bertz CT molecular complexity index is 1480.